The highest BCUT2D eigenvalue weighted by Crippen LogP contribution is 2.37. The van der Waals surface area contributed by atoms with Crippen molar-refractivity contribution in [2.75, 3.05) is 11.4 Å². The molecule has 21 heavy (non-hydrogen) atoms. The molecule has 0 aromatic heterocycles. The van der Waals surface area contributed by atoms with E-state index < -0.39 is 5.97 Å². The van der Waals surface area contributed by atoms with Gasteiger partial charge in [0.05, 0.1) is 5.92 Å². The summed E-state index contributed by atoms with van der Waals surface area (Å²) in [5.41, 5.74) is 1.97. The summed E-state index contributed by atoms with van der Waals surface area (Å²) in [7, 11) is 0. The highest BCUT2D eigenvalue weighted by atomic mass is 35.5. The minimum absolute atomic E-state index is 0.0504. The Kier molecular flexibility index (Phi) is 3.89. The van der Waals surface area contributed by atoms with Crippen molar-refractivity contribution in [1.29, 1.82) is 0 Å². The van der Waals surface area contributed by atoms with E-state index in [9.17, 15) is 9.59 Å². The third-order valence-corrected chi connectivity index (χ3v) is 5.02. The van der Waals surface area contributed by atoms with E-state index >= 15 is 0 Å². The van der Waals surface area contributed by atoms with Crippen LogP contribution in [0.1, 0.15) is 31.2 Å². The molecule has 1 saturated carbocycles. The van der Waals surface area contributed by atoms with Crippen LogP contribution in [-0.2, 0) is 16.0 Å². The summed E-state index contributed by atoms with van der Waals surface area (Å²) in [6.45, 7) is 0.677. The maximum Gasteiger partial charge on any atom is 0.306 e. The van der Waals surface area contributed by atoms with Gasteiger partial charge in [-0.05, 0) is 49.8 Å². The number of nitrogens with zero attached hydrogens (tertiary/aromatic N) is 1. The fourth-order valence-electron chi connectivity index (χ4n) is 3.43. The number of amides is 1. The Bertz CT molecular complexity index is 579. The second-order valence-electron chi connectivity index (χ2n) is 5.86. The number of benzene rings is 1. The van der Waals surface area contributed by atoms with Crippen molar-refractivity contribution in [1.82, 2.24) is 0 Å². The molecule has 0 atom stereocenters. The topological polar surface area (TPSA) is 57.6 Å². The smallest absolute Gasteiger partial charge is 0.306 e. The molecule has 0 spiro atoms. The molecule has 4 nitrogen and oxygen atoms in total. The van der Waals surface area contributed by atoms with Gasteiger partial charge in [0.1, 0.15) is 0 Å². The van der Waals surface area contributed by atoms with Crippen LogP contribution in [0.5, 0.6) is 0 Å². The number of fused-ring (bicyclic) bond motifs is 1. The first-order chi connectivity index (χ1) is 10.1. The Hall–Kier alpha value is -1.55. The Labute approximate surface area is 128 Å². The van der Waals surface area contributed by atoms with Gasteiger partial charge < -0.3 is 10.0 Å². The van der Waals surface area contributed by atoms with Crippen molar-refractivity contribution >= 4 is 29.2 Å². The number of hydrogen-bond donors (Lipinski definition) is 1. The summed E-state index contributed by atoms with van der Waals surface area (Å²) in [6.07, 6.45) is 3.33. The van der Waals surface area contributed by atoms with Crippen LogP contribution in [0.3, 0.4) is 0 Å². The lowest BCUT2D eigenvalue weighted by Gasteiger charge is -2.29. The average molecular weight is 308 g/mol. The molecule has 1 fully saturated rings. The van der Waals surface area contributed by atoms with Crippen molar-refractivity contribution in [3.05, 3.63) is 28.8 Å². The van der Waals surface area contributed by atoms with E-state index in [0.29, 0.717) is 32.2 Å². The molecule has 5 heteroatoms. The van der Waals surface area contributed by atoms with E-state index in [0.717, 1.165) is 22.7 Å². The molecule has 0 saturated heterocycles. The van der Waals surface area contributed by atoms with Crippen molar-refractivity contribution in [2.24, 2.45) is 11.8 Å². The van der Waals surface area contributed by atoms with Gasteiger partial charge in [0.25, 0.3) is 0 Å². The van der Waals surface area contributed by atoms with E-state index in [1.807, 2.05) is 23.1 Å². The molecule has 1 aromatic carbocycles. The SMILES string of the molecule is O=C(O)C1CCC(C(=O)N2CCc3c(Cl)cccc32)CC1. The number of carbonyl (C=O) groups is 2. The van der Waals surface area contributed by atoms with Crippen molar-refractivity contribution < 1.29 is 14.7 Å². The van der Waals surface area contributed by atoms with Crippen LogP contribution in [0.25, 0.3) is 0 Å². The fraction of sp³-hybridized carbons (Fsp3) is 0.500. The number of carboxylic acid groups (broad SMARTS) is 1. The summed E-state index contributed by atoms with van der Waals surface area (Å²) in [4.78, 5) is 25.5. The fourth-order valence-corrected chi connectivity index (χ4v) is 3.69. The van der Waals surface area contributed by atoms with Gasteiger partial charge in [0.2, 0.25) is 5.91 Å². The van der Waals surface area contributed by atoms with E-state index in [1.165, 1.54) is 0 Å². The zero-order chi connectivity index (χ0) is 15.0. The predicted molar refractivity (Wildman–Crippen MR) is 80.6 cm³/mol. The third-order valence-electron chi connectivity index (χ3n) is 4.66. The molecule has 0 bridgehead atoms. The minimum atomic E-state index is -0.737. The lowest BCUT2D eigenvalue weighted by molar-refractivity contribution is -0.144. The van der Waals surface area contributed by atoms with Gasteiger partial charge in [-0.1, -0.05) is 17.7 Å². The minimum Gasteiger partial charge on any atom is -0.481 e. The summed E-state index contributed by atoms with van der Waals surface area (Å²) in [6, 6.07) is 5.66. The molecule has 1 N–H and O–H groups in total. The van der Waals surface area contributed by atoms with Gasteiger partial charge >= 0.3 is 5.97 Å². The molecule has 1 aromatic rings. The zero-order valence-electron chi connectivity index (χ0n) is 11.7. The molecular formula is C16H18ClNO3. The standard InChI is InChI=1S/C16H18ClNO3/c17-13-2-1-3-14-12(13)8-9-18(14)15(19)10-4-6-11(7-5-10)16(20)21/h1-3,10-11H,4-9H2,(H,20,21). The Morgan fingerprint density at radius 2 is 1.81 bits per heavy atom. The summed E-state index contributed by atoms with van der Waals surface area (Å²) >= 11 is 6.18. The van der Waals surface area contributed by atoms with Gasteiger partial charge in [-0.3, -0.25) is 9.59 Å². The lowest BCUT2D eigenvalue weighted by atomic mass is 9.81. The maximum absolute atomic E-state index is 12.7. The van der Waals surface area contributed by atoms with Crippen molar-refractivity contribution in [3.8, 4) is 0 Å². The van der Waals surface area contributed by atoms with E-state index in [1.54, 1.807) is 0 Å². The van der Waals surface area contributed by atoms with E-state index in [4.69, 9.17) is 16.7 Å². The molecule has 0 unspecified atom stereocenters. The molecule has 3 rings (SSSR count). The number of carbonyl (C=O) groups excluding carboxylic acids is 1. The maximum atomic E-state index is 12.7. The molecule has 2 aliphatic rings. The molecule has 1 heterocycles. The Morgan fingerprint density at radius 3 is 2.48 bits per heavy atom. The number of halogens is 1. The highest BCUT2D eigenvalue weighted by Gasteiger charge is 2.35. The van der Waals surface area contributed by atoms with Crippen LogP contribution in [0.4, 0.5) is 5.69 Å². The zero-order valence-corrected chi connectivity index (χ0v) is 12.5. The molecule has 1 aliphatic carbocycles. The summed E-state index contributed by atoms with van der Waals surface area (Å²) in [5, 5.41) is 9.75. The summed E-state index contributed by atoms with van der Waals surface area (Å²) in [5.74, 6) is -0.945. The number of rotatable bonds is 2. The van der Waals surface area contributed by atoms with Crippen molar-refractivity contribution in [3.63, 3.8) is 0 Å². The summed E-state index contributed by atoms with van der Waals surface area (Å²) < 4.78 is 0. The van der Waals surface area contributed by atoms with E-state index in [-0.39, 0.29) is 17.7 Å². The Balaban J connectivity index is 1.71. The van der Waals surface area contributed by atoms with Gasteiger partial charge in [-0.25, -0.2) is 0 Å². The van der Waals surface area contributed by atoms with Gasteiger partial charge in [0, 0.05) is 23.2 Å². The second kappa shape index (κ2) is 5.68. The quantitative estimate of drug-likeness (QED) is 0.913. The number of hydrogen-bond acceptors (Lipinski definition) is 2. The largest absolute Gasteiger partial charge is 0.481 e. The molecule has 1 aliphatic heterocycles. The van der Waals surface area contributed by atoms with E-state index in [2.05, 4.69) is 0 Å². The molecular weight excluding hydrogens is 290 g/mol. The van der Waals surface area contributed by atoms with Crippen LogP contribution in [0, 0.1) is 11.8 Å². The van der Waals surface area contributed by atoms with Gasteiger partial charge in [0.15, 0.2) is 0 Å². The van der Waals surface area contributed by atoms with Crippen molar-refractivity contribution in [2.45, 2.75) is 32.1 Å². The van der Waals surface area contributed by atoms with Gasteiger partial charge in [-0.15, -0.1) is 0 Å². The number of anilines is 1. The second-order valence-corrected chi connectivity index (χ2v) is 6.27. The molecule has 112 valence electrons. The predicted octanol–water partition coefficient (Wildman–Crippen LogP) is 3.12. The van der Waals surface area contributed by atoms with Crippen LogP contribution in [-0.4, -0.2) is 23.5 Å². The first-order valence-electron chi connectivity index (χ1n) is 7.39. The average Bonchev–Trinajstić information content (AvgIpc) is 2.92. The normalized spacial score (nSPS) is 24.7. The Morgan fingerprint density at radius 1 is 1.14 bits per heavy atom. The lowest BCUT2D eigenvalue weighted by Crippen LogP contribution is -2.37. The van der Waals surface area contributed by atoms with Crippen LogP contribution in [0.15, 0.2) is 18.2 Å². The molecule has 1 amide bonds. The highest BCUT2D eigenvalue weighted by molar-refractivity contribution is 6.32. The first kappa shape index (κ1) is 14.4. The number of aliphatic carboxylic acids is 1. The van der Waals surface area contributed by atoms with Crippen LogP contribution < -0.4 is 4.90 Å². The van der Waals surface area contributed by atoms with Gasteiger partial charge in [-0.2, -0.15) is 0 Å². The third kappa shape index (κ3) is 2.64. The molecule has 0 radical (unpaired) electrons. The monoisotopic (exact) mass is 307 g/mol. The van der Waals surface area contributed by atoms with Crippen LogP contribution in [0.2, 0.25) is 5.02 Å². The first-order valence-corrected chi connectivity index (χ1v) is 7.77. The number of carboxylic acids is 1. The van der Waals surface area contributed by atoms with Crippen LogP contribution >= 0.6 is 11.6 Å².